The van der Waals surface area contributed by atoms with E-state index in [1.54, 1.807) is 6.07 Å². The van der Waals surface area contributed by atoms with Gasteiger partial charge in [-0.3, -0.25) is 0 Å². The third-order valence-corrected chi connectivity index (χ3v) is 3.96. The summed E-state index contributed by atoms with van der Waals surface area (Å²) in [6, 6.07) is 5.45. The Kier molecular flexibility index (Phi) is 2.81. The van der Waals surface area contributed by atoms with Crippen LogP contribution in [-0.4, -0.2) is 9.55 Å². The molecular formula is C14H16ClFN2. The number of hydrogen-bond acceptors (Lipinski definition) is 1. The van der Waals surface area contributed by atoms with Gasteiger partial charge in [0.05, 0.1) is 10.9 Å². The molecule has 4 heteroatoms. The van der Waals surface area contributed by atoms with Gasteiger partial charge in [0.15, 0.2) is 5.82 Å². The van der Waals surface area contributed by atoms with Gasteiger partial charge in [0.1, 0.15) is 11.3 Å². The van der Waals surface area contributed by atoms with Gasteiger partial charge in [-0.1, -0.05) is 6.07 Å². The van der Waals surface area contributed by atoms with Gasteiger partial charge in [0.2, 0.25) is 0 Å². The van der Waals surface area contributed by atoms with E-state index < -0.39 is 0 Å². The third kappa shape index (κ3) is 1.81. The highest BCUT2D eigenvalue weighted by molar-refractivity contribution is 6.20. The van der Waals surface area contributed by atoms with Crippen molar-refractivity contribution in [1.82, 2.24) is 9.55 Å². The number of rotatable bonds is 3. The molecule has 0 radical (unpaired) electrons. The first kappa shape index (κ1) is 12.0. The molecule has 2 nitrogen and oxygen atoms in total. The summed E-state index contributed by atoms with van der Waals surface area (Å²) in [6.07, 6.45) is 2.48. The van der Waals surface area contributed by atoms with Gasteiger partial charge in [0.25, 0.3) is 0 Å². The maximum absolute atomic E-state index is 13.8. The second-order valence-electron chi connectivity index (χ2n) is 5.14. The lowest BCUT2D eigenvalue weighted by Gasteiger charge is -2.18. The highest BCUT2D eigenvalue weighted by atomic mass is 35.5. The Labute approximate surface area is 111 Å². The third-order valence-electron chi connectivity index (χ3n) is 3.77. The molecule has 2 atom stereocenters. The fourth-order valence-electron chi connectivity index (χ4n) is 2.60. The zero-order chi connectivity index (χ0) is 12.9. The minimum Gasteiger partial charge on any atom is -0.324 e. The number of fused-ring (bicyclic) bond motifs is 1. The Balaban J connectivity index is 2.24. The van der Waals surface area contributed by atoms with Crippen LogP contribution >= 0.6 is 11.6 Å². The Morgan fingerprint density at radius 1 is 1.39 bits per heavy atom. The van der Waals surface area contributed by atoms with E-state index in [1.165, 1.54) is 18.9 Å². The van der Waals surface area contributed by atoms with Crippen molar-refractivity contribution in [2.45, 2.75) is 38.1 Å². The number of para-hydroxylation sites is 1. The zero-order valence-electron chi connectivity index (χ0n) is 10.5. The first-order valence-corrected chi connectivity index (χ1v) is 6.83. The second-order valence-corrected chi connectivity index (χ2v) is 5.80. The molecule has 1 saturated carbocycles. The number of benzene rings is 1. The summed E-state index contributed by atoms with van der Waals surface area (Å²) in [4.78, 5) is 4.40. The Morgan fingerprint density at radius 2 is 2.11 bits per heavy atom. The largest absolute Gasteiger partial charge is 0.324 e. The molecule has 2 unspecified atom stereocenters. The molecule has 1 heterocycles. The Bertz CT molecular complexity index is 587. The molecule has 0 aliphatic heterocycles. The van der Waals surface area contributed by atoms with E-state index in [1.807, 2.05) is 13.0 Å². The lowest BCUT2D eigenvalue weighted by atomic mass is 10.2. The number of nitrogens with zero attached hydrogens (tertiary/aromatic N) is 2. The van der Waals surface area contributed by atoms with Gasteiger partial charge in [-0.2, -0.15) is 0 Å². The molecule has 96 valence electrons. The molecule has 0 bridgehead atoms. The highest BCUT2D eigenvalue weighted by Gasteiger charge is 2.32. The van der Waals surface area contributed by atoms with Gasteiger partial charge in [-0.25, -0.2) is 9.37 Å². The number of imidazole rings is 1. The van der Waals surface area contributed by atoms with E-state index in [9.17, 15) is 4.39 Å². The average Bonchev–Trinajstić information content (AvgIpc) is 3.09. The van der Waals surface area contributed by atoms with Crippen LogP contribution in [0.25, 0.3) is 11.0 Å². The van der Waals surface area contributed by atoms with Crippen LogP contribution in [0.5, 0.6) is 0 Å². The Morgan fingerprint density at radius 3 is 2.72 bits per heavy atom. The predicted molar refractivity (Wildman–Crippen MR) is 71.4 cm³/mol. The number of alkyl halides is 1. The van der Waals surface area contributed by atoms with E-state index in [0.29, 0.717) is 17.5 Å². The van der Waals surface area contributed by atoms with Crippen molar-refractivity contribution < 1.29 is 4.39 Å². The molecule has 1 aromatic heterocycles. The summed E-state index contributed by atoms with van der Waals surface area (Å²) in [7, 11) is 0. The van der Waals surface area contributed by atoms with Gasteiger partial charge in [-0.15, -0.1) is 11.6 Å². The molecule has 0 amide bonds. The lowest BCUT2D eigenvalue weighted by molar-refractivity contribution is 0.480. The van der Waals surface area contributed by atoms with Crippen molar-refractivity contribution in [1.29, 1.82) is 0 Å². The fraction of sp³-hybridized carbons (Fsp3) is 0.500. The molecule has 3 rings (SSSR count). The number of halogens is 2. The Hall–Kier alpha value is -1.09. The van der Waals surface area contributed by atoms with E-state index >= 15 is 0 Å². The van der Waals surface area contributed by atoms with Crippen LogP contribution in [0.2, 0.25) is 0 Å². The number of aromatic nitrogens is 2. The summed E-state index contributed by atoms with van der Waals surface area (Å²) in [5, 5.41) is -0.210. The molecule has 1 fully saturated rings. The minimum atomic E-state index is -0.271. The van der Waals surface area contributed by atoms with Crippen LogP contribution in [0.15, 0.2) is 18.2 Å². The van der Waals surface area contributed by atoms with Crippen molar-refractivity contribution in [3.8, 4) is 0 Å². The molecule has 0 N–H and O–H groups in total. The molecule has 1 aliphatic carbocycles. The van der Waals surface area contributed by atoms with Crippen molar-refractivity contribution >= 4 is 22.6 Å². The van der Waals surface area contributed by atoms with Crippen LogP contribution < -0.4 is 0 Å². The van der Waals surface area contributed by atoms with E-state index in [4.69, 9.17) is 11.6 Å². The van der Waals surface area contributed by atoms with Crippen molar-refractivity contribution in [2.75, 3.05) is 0 Å². The van der Waals surface area contributed by atoms with Crippen molar-refractivity contribution in [3.63, 3.8) is 0 Å². The normalized spacial score (nSPS) is 19.1. The maximum atomic E-state index is 13.8. The smallest absolute Gasteiger partial charge is 0.151 e. The van der Waals surface area contributed by atoms with Crippen molar-refractivity contribution in [2.24, 2.45) is 5.92 Å². The monoisotopic (exact) mass is 266 g/mol. The summed E-state index contributed by atoms with van der Waals surface area (Å²) in [6.45, 7) is 4.06. The van der Waals surface area contributed by atoms with Gasteiger partial charge >= 0.3 is 0 Å². The summed E-state index contributed by atoms with van der Waals surface area (Å²) >= 11 is 6.20. The topological polar surface area (TPSA) is 17.8 Å². The van der Waals surface area contributed by atoms with E-state index in [0.717, 1.165) is 11.3 Å². The SMILES string of the molecule is CC(Cl)c1nc2c(F)cccc2n1C(C)C1CC1. The van der Waals surface area contributed by atoms with Crippen LogP contribution in [0, 0.1) is 11.7 Å². The van der Waals surface area contributed by atoms with Crippen LogP contribution in [-0.2, 0) is 0 Å². The summed E-state index contributed by atoms with van der Waals surface area (Å²) in [5.41, 5.74) is 1.30. The van der Waals surface area contributed by atoms with Gasteiger partial charge in [0, 0.05) is 6.04 Å². The molecule has 1 aromatic carbocycles. The minimum absolute atomic E-state index is 0.210. The average molecular weight is 267 g/mol. The molecule has 0 spiro atoms. The van der Waals surface area contributed by atoms with E-state index in [-0.39, 0.29) is 11.2 Å². The molecular weight excluding hydrogens is 251 g/mol. The fourth-order valence-corrected chi connectivity index (χ4v) is 2.75. The molecule has 18 heavy (non-hydrogen) atoms. The standard InChI is InChI=1S/C14H16ClFN2/c1-8(15)14-17-13-11(16)4-3-5-12(13)18(14)9(2)10-6-7-10/h3-5,8-10H,6-7H2,1-2H3. The first-order valence-electron chi connectivity index (χ1n) is 6.40. The predicted octanol–water partition coefficient (Wildman–Crippen LogP) is 4.45. The molecule has 2 aromatic rings. The first-order chi connectivity index (χ1) is 8.59. The number of hydrogen-bond donors (Lipinski definition) is 0. The van der Waals surface area contributed by atoms with Crippen LogP contribution in [0.1, 0.15) is 43.9 Å². The molecule has 1 aliphatic rings. The van der Waals surface area contributed by atoms with Crippen LogP contribution in [0.4, 0.5) is 4.39 Å². The second kappa shape index (κ2) is 4.23. The van der Waals surface area contributed by atoms with E-state index in [2.05, 4.69) is 16.5 Å². The van der Waals surface area contributed by atoms with Gasteiger partial charge < -0.3 is 4.57 Å². The highest BCUT2D eigenvalue weighted by Crippen LogP contribution is 2.42. The van der Waals surface area contributed by atoms with Crippen molar-refractivity contribution in [3.05, 3.63) is 29.8 Å². The lowest BCUT2D eigenvalue weighted by Crippen LogP contribution is -2.11. The molecule has 0 saturated heterocycles. The zero-order valence-corrected chi connectivity index (χ0v) is 11.3. The maximum Gasteiger partial charge on any atom is 0.151 e. The summed E-state index contributed by atoms with van der Waals surface area (Å²) < 4.78 is 15.9. The van der Waals surface area contributed by atoms with Gasteiger partial charge in [-0.05, 0) is 44.7 Å². The van der Waals surface area contributed by atoms with Crippen LogP contribution in [0.3, 0.4) is 0 Å². The summed E-state index contributed by atoms with van der Waals surface area (Å²) in [5.74, 6) is 1.18. The quantitative estimate of drug-likeness (QED) is 0.751.